The highest BCUT2D eigenvalue weighted by Crippen LogP contribution is 2.32. The number of nitrogens with one attached hydrogen (secondary N) is 1. The van der Waals surface area contributed by atoms with Crippen molar-refractivity contribution < 1.29 is 8.78 Å². The van der Waals surface area contributed by atoms with Crippen LogP contribution in [0.2, 0.25) is 0 Å². The van der Waals surface area contributed by atoms with E-state index in [9.17, 15) is 18.4 Å². The van der Waals surface area contributed by atoms with Gasteiger partial charge in [-0.25, -0.2) is 18.1 Å². The van der Waals surface area contributed by atoms with Crippen molar-refractivity contribution in [2.45, 2.75) is 0 Å². The number of aromatic amines is 1. The van der Waals surface area contributed by atoms with Gasteiger partial charge < -0.3 is 0 Å². The summed E-state index contributed by atoms with van der Waals surface area (Å²) in [6.45, 7) is 0. The number of halogens is 2. The van der Waals surface area contributed by atoms with Crippen LogP contribution in [0.4, 0.5) is 8.78 Å². The number of benzene rings is 2. The minimum atomic E-state index is -0.911. The number of nitrogens with zero attached hydrogens (tertiary/aromatic N) is 2. The van der Waals surface area contributed by atoms with Crippen LogP contribution < -0.4 is 11.2 Å². The normalized spacial score (nSPS) is 11.2. The van der Waals surface area contributed by atoms with Gasteiger partial charge in [0.2, 0.25) is 0 Å². The van der Waals surface area contributed by atoms with Gasteiger partial charge in [0, 0.05) is 23.3 Å². The van der Waals surface area contributed by atoms with Crippen LogP contribution >= 0.6 is 11.3 Å². The zero-order valence-corrected chi connectivity index (χ0v) is 16.6. The molecule has 0 atom stereocenters. The lowest BCUT2D eigenvalue weighted by atomic mass is 10.0. The second-order valence-electron chi connectivity index (χ2n) is 6.84. The molecular weight excluding hydrogens is 420 g/mol. The van der Waals surface area contributed by atoms with E-state index in [1.807, 2.05) is 5.38 Å². The number of rotatable bonds is 3. The second kappa shape index (κ2) is 7.41. The fraction of sp³-hybridized carbons (Fsp3) is 0. The molecule has 5 aromatic rings. The zero-order chi connectivity index (χ0) is 21.5. The van der Waals surface area contributed by atoms with Crippen molar-refractivity contribution in [2.24, 2.45) is 0 Å². The molecule has 0 spiro atoms. The Labute approximate surface area is 177 Å². The maximum atomic E-state index is 13.6. The molecule has 0 unspecified atom stereocenters. The van der Waals surface area contributed by atoms with E-state index in [1.165, 1.54) is 29.8 Å². The molecule has 0 aliphatic rings. The Morgan fingerprint density at radius 2 is 1.52 bits per heavy atom. The number of hydrogen-bond donors (Lipinski definition) is 1. The number of pyridine rings is 1. The van der Waals surface area contributed by atoms with E-state index in [4.69, 9.17) is 0 Å². The molecule has 0 radical (unpaired) electrons. The molecule has 1 N–H and O–H groups in total. The highest BCUT2D eigenvalue weighted by atomic mass is 32.1. The number of H-pyrrole nitrogens is 1. The second-order valence-corrected chi connectivity index (χ2v) is 7.72. The first-order chi connectivity index (χ1) is 15.0. The van der Waals surface area contributed by atoms with E-state index in [2.05, 4.69) is 9.97 Å². The molecule has 0 amide bonds. The Bertz CT molecular complexity index is 1540. The lowest BCUT2D eigenvalue weighted by Crippen LogP contribution is -2.33. The smallest absolute Gasteiger partial charge is 0.298 e. The van der Waals surface area contributed by atoms with Crippen LogP contribution in [0.15, 0.2) is 82.0 Å². The lowest BCUT2D eigenvalue weighted by Gasteiger charge is -2.07. The molecule has 5 nitrogen and oxygen atoms in total. The number of fused-ring (bicyclic) bond motifs is 1. The summed E-state index contributed by atoms with van der Waals surface area (Å²) >= 11 is 1.27. The predicted molar refractivity (Wildman–Crippen MR) is 117 cm³/mol. The van der Waals surface area contributed by atoms with E-state index in [0.717, 1.165) is 22.3 Å². The van der Waals surface area contributed by atoms with Crippen LogP contribution in [0, 0.1) is 11.6 Å². The molecule has 3 heterocycles. The van der Waals surface area contributed by atoms with Crippen molar-refractivity contribution in [3.05, 3.63) is 105 Å². The highest BCUT2D eigenvalue weighted by Gasteiger charge is 2.16. The molecule has 5 rings (SSSR count). The molecule has 152 valence electrons. The SMILES string of the molecule is O=c1[nH]c2scc(-c3ccc(-c4ccc(F)c(F)c4)cc3)c2c(=O)n1-c1ccncc1. The quantitative estimate of drug-likeness (QED) is 0.447. The molecule has 0 bridgehead atoms. The van der Waals surface area contributed by atoms with Gasteiger partial charge in [0.1, 0.15) is 4.83 Å². The lowest BCUT2D eigenvalue weighted by molar-refractivity contribution is 0.509. The Morgan fingerprint density at radius 3 is 2.23 bits per heavy atom. The Balaban J connectivity index is 1.63. The third-order valence-corrected chi connectivity index (χ3v) is 5.90. The monoisotopic (exact) mass is 433 g/mol. The fourth-order valence-corrected chi connectivity index (χ4v) is 4.43. The molecule has 0 saturated heterocycles. The minimum absolute atomic E-state index is 0.405. The van der Waals surface area contributed by atoms with Gasteiger partial charge in [-0.15, -0.1) is 11.3 Å². The summed E-state index contributed by atoms with van der Waals surface area (Å²) < 4.78 is 27.8. The summed E-state index contributed by atoms with van der Waals surface area (Å²) in [6, 6.07) is 14.1. The van der Waals surface area contributed by atoms with E-state index in [1.54, 1.807) is 36.4 Å². The van der Waals surface area contributed by atoms with Crippen molar-refractivity contribution >= 4 is 21.6 Å². The van der Waals surface area contributed by atoms with Gasteiger partial charge in [-0.1, -0.05) is 30.3 Å². The molecule has 31 heavy (non-hydrogen) atoms. The van der Waals surface area contributed by atoms with Gasteiger partial charge in [0.25, 0.3) is 5.56 Å². The van der Waals surface area contributed by atoms with Crippen molar-refractivity contribution in [1.82, 2.24) is 14.5 Å². The standard InChI is InChI=1S/C23H13F2N3O2S/c24-18-6-5-15(11-19(18)25)13-1-3-14(4-2-13)17-12-31-21-20(17)22(29)28(23(30)27-21)16-7-9-26-10-8-16/h1-12H,(H,27,30). The maximum Gasteiger partial charge on any atom is 0.334 e. The van der Waals surface area contributed by atoms with Gasteiger partial charge >= 0.3 is 5.69 Å². The number of thiophene rings is 1. The van der Waals surface area contributed by atoms with E-state index in [0.29, 0.717) is 32.6 Å². The van der Waals surface area contributed by atoms with Gasteiger partial charge in [0.05, 0.1) is 11.1 Å². The molecule has 8 heteroatoms. The average molecular weight is 433 g/mol. The number of aromatic nitrogens is 3. The number of hydrogen-bond acceptors (Lipinski definition) is 4. The first-order valence-electron chi connectivity index (χ1n) is 9.26. The van der Waals surface area contributed by atoms with Crippen LogP contribution in [0.1, 0.15) is 0 Å². The largest absolute Gasteiger partial charge is 0.334 e. The average Bonchev–Trinajstić information content (AvgIpc) is 3.20. The summed E-state index contributed by atoms with van der Waals surface area (Å²) in [5.41, 5.74) is 2.18. The third kappa shape index (κ3) is 3.27. The molecular formula is C23H13F2N3O2S. The van der Waals surface area contributed by atoms with E-state index < -0.39 is 22.9 Å². The fourth-order valence-electron chi connectivity index (χ4n) is 3.48. The summed E-state index contributed by atoms with van der Waals surface area (Å²) in [4.78, 5) is 32.9. The van der Waals surface area contributed by atoms with Crippen molar-refractivity contribution in [3.8, 4) is 27.9 Å². The Hall–Kier alpha value is -3.91. The van der Waals surface area contributed by atoms with Crippen LogP contribution in [0.5, 0.6) is 0 Å². The van der Waals surface area contributed by atoms with Crippen LogP contribution in [0.25, 0.3) is 38.2 Å². The summed E-state index contributed by atoms with van der Waals surface area (Å²) in [5, 5.41) is 2.22. The molecule has 0 fully saturated rings. The maximum absolute atomic E-state index is 13.6. The summed E-state index contributed by atoms with van der Waals surface area (Å²) in [5.74, 6) is -1.81. The van der Waals surface area contributed by atoms with Crippen molar-refractivity contribution in [1.29, 1.82) is 0 Å². The van der Waals surface area contributed by atoms with Gasteiger partial charge in [-0.3, -0.25) is 14.8 Å². The van der Waals surface area contributed by atoms with Crippen molar-refractivity contribution in [3.63, 3.8) is 0 Å². The minimum Gasteiger partial charge on any atom is -0.298 e. The molecule has 0 saturated carbocycles. The Kier molecular flexibility index (Phi) is 4.56. The predicted octanol–water partition coefficient (Wildman–Crippen LogP) is 4.75. The van der Waals surface area contributed by atoms with Gasteiger partial charge in [0.15, 0.2) is 11.6 Å². The van der Waals surface area contributed by atoms with Crippen LogP contribution in [0.3, 0.4) is 0 Å². The van der Waals surface area contributed by atoms with Crippen LogP contribution in [-0.2, 0) is 0 Å². The topological polar surface area (TPSA) is 67.8 Å². The highest BCUT2D eigenvalue weighted by molar-refractivity contribution is 7.17. The Morgan fingerprint density at radius 1 is 0.839 bits per heavy atom. The first kappa shape index (κ1) is 19.1. The van der Waals surface area contributed by atoms with E-state index >= 15 is 0 Å². The zero-order valence-electron chi connectivity index (χ0n) is 15.8. The summed E-state index contributed by atoms with van der Waals surface area (Å²) in [7, 11) is 0. The molecule has 0 aliphatic carbocycles. The van der Waals surface area contributed by atoms with Crippen molar-refractivity contribution in [2.75, 3.05) is 0 Å². The van der Waals surface area contributed by atoms with Gasteiger partial charge in [-0.2, -0.15) is 0 Å². The van der Waals surface area contributed by atoms with E-state index in [-0.39, 0.29) is 0 Å². The molecule has 0 aliphatic heterocycles. The molecule has 3 aromatic heterocycles. The molecule has 2 aromatic carbocycles. The first-order valence-corrected chi connectivity index (χ1v) is 10.1. The summed E-state index contributed by atoms with van der Waals surface area (Å²) in [6.07, 6.45) is 3.02. The van der Waals surface area contributed by atoms with Crippen LogP contribution in [-0.4, -0.2) is 14.5 Å². The van der Waals surface area contributed by atoms with Gasteiger partial charge in [-0.05, 0) is 41.0 Å². The third-order valence-electron chi connectivity index (χ3n) is 5.00.